The molecule has 0 aliphatic rings. The maximum absolute atomic E-state index is 12.3. The number of carbonyl (C=O) groups is 1. The van der Waals surface area contributed by atoms with Crippen molar-refractivity contribution in [3.05, 3.63) is 77.9 Å². The van der Waals surface area contributed by atoms with E-state index in [9.17, 15) is 13.2 Å². The van der Waals surface area contributed by atoms with Gasteiger partial charge in [-0.2, -0.15) is 17.0 Å². The Bertz CT molecular complexity index is 982. The van der Waals surface area contributed by atoms with E-state index < -0.39 is 10.0 Å². The third-order valence-corrected chi connectivity index (χ3v) is 6.18. The fourth-order valence-corrected chi connectivity index (χ4v) is 4.24. The number of hydrogen-bond acceptors (Lipinski definition) is 5. The van der Waals surface area contributed by atoms with Crippen molar-refractivity contribution in [3.8, 4) is 6.07 Å². The molecule has 28 heavy (non-hydrogen) atoms. The molecular formula is C20H21N3O3S2. The highest BCUT2D eigenvalue weighted by Gasteiger charge is 2.15. The number of thioether (sulfide) groups is 1. The minimum atomic E-state index is -3.68. The van der Waals surface area contributed by atoms with Gasteiger partial charge in [0.05, 0.1) is 16.5 Å². The Hall–Kier alpha value is -2.60. The van der Waals surface area contributed by atoms with Gasteiger partial charge < -0.3 is 5.32 Å². The van der Waals surface area contributed by atoms with Crippen LogP contribution in [-0.2, 0) is 15.8 Å². The average molecular weight is 416 g/mol. The molecule has 2 aromatic rings. The van der Waals surface area contributed by atoms with E-state index in [1.165, 1.54) is 24.3 Å². The molecule has 0 fully saturated rings. The summed E-state index contributed by atoms with van der Waals surface area (Å²) in [6, 6.07) is 15.5. The molecule has 0 aliphatic heterocycles. The topological polar surface area (TPSA) is 99.1 Å². The maximum atomic E-state index is 12.3. The molecule has 0 bridgehead atoms. The number of nitrogens with zero attached hydrogens (tertiary/aromatic N) is 1. The second-order valence-electron chi connectivity index (χ2n) is 5.75. The predicted octanol–water partition coefficient (Wildman–Crippen LogP) is 2.69. The van der Waals surface area contributed by atoms with E-state index in [2.05, 4.69) is 22.7 Å². The monoisotopic (exact) mass is 415 g/mol. The van der Waals surface area contributed by atoms with Crippen LogP contribution in [0.15, 0.2) is 66.1 Å². The normalized spacial score (nSPS) is 10.8. The van der Waals surface area contributed by atoms with Gasteiger partial charge in [0.1, 0.15) is 0 Å². The van der Waals surface area contributed by atoms with Crippen molar-refractivity contribution < 1.29 is 13.2 Å². The Morgan fingerprint density at radius 1 is 1.21 bits per heavy atom. The number of benzene rings is 2. The molecule has 0 spiro atoms. The first-order chi connectivity index (χ1) is 13.5. The summed E-state index contributed by atoms with van der Waals surface area (Å²) in [4.78, 5) is 12.3. The fourth-order valence-electron chi connectivity index (χ4n) is 2.33. The standard InChI is InChI=1S/C20H21N3O3S2/c1-2-10-23-28(25,26)19-9-5-8-16(13-19)20(24)22-11-12-27-15-18-7-4-3-6-17(18)14-21/h2-9,13,23H,1,10-12,15H2,(H,22,24). The molecule has 2 aromatic carbocycles. The summed E-state index contributed by atoms with van der Waals surface area (Å²) in [7, 11) is -3.68. The van der Waals surface area contributed by atoms with Crippen LogP contribution in [0, 0.1) is 11.3 Å². The Morgan fingerprint density at radius 2 is 2.00 bits per heavy atom. The molecule has 0 aliphatic carbocycles. The SMILES string of the molecule is C=CCNS(=O)(=O)c1cccc(C(=O)NCCSCc2ccccc2C#N)c1. The highest BCUT2D eigenvalue weighted by molar-refractivity contribution is 7.98. The van der Waals surface area contributed by atoms with Crippen LogP contribution >= 0.6 is 11.8 Å². The predicted molar refractivity (Wildman–Crippen MR) is 111 cm³/mol. The van der Waals surface area contributed by atoms with Crippen LogP contribution in [0.25, 0.3) is 0 Å². The first-order valence-corrected chi connectivity index (χ1v) is 11.2. The lowest BCUT2D eigenvalue weighted by Gasteiger charge is -2.08. The van der Waals surface area contributed by atoms with E-state index in [-0.39, 0.29) is 22.9 Å². The van der Waals surface area contributed by atoms with Crippen LogP contribution in [0.5, 0.6) is 0 Å². The van der Waals surface area contributed by atoms with Crippen molar-refractivity contribution in [1.29, 1.82) is 5.26 Å². The van der Waals surface area contributed by atoms with Crippen molar-refractivity contribution in [3.63, 3.8) is 0 Å². The highest BCUT2D eigenvalue weighted by atomic mass is 32.2. The Kier molecular flexibility index (Phi) is 8.26. The maximum Gasteiger partial charge on any atom is 0.251 e. The summed E-state index contributed by atoms with van der Waals surface area (Å²) in [5, 5.41) is 11.9. The third-order valence-electron chi connectivity index (χ3n) is 3.75. The summed E-state index contributed by atoms with van der Waals surface area (Å²) in [6.45, 7) is 4.02. The van der Waals surface area contributed by atoms with Gasteiger partial charge in [0, 0.05) is 30.2 Å². The van der Waals surface area contributed by atoms with Gasteiger partial charge in [-0.15, -0.1) is 6.58 Å². The van der Waals surface area contributed by atoms with Gasteiger partial charge >= 0.3 is 0 Å². The molecule has 0 heterocycles. The van der Waals surface area contributed by atoms with Gasteiger partial charge in [-0.3, -0.25) is 4.79 Å². The third kappa shape index (κ3) is 6.23. The Balaban J connectivity index is 1.86. The van der Waals surface area contributed by atoms with Crippen LogP contribution in [0.4, 0.5) is 0 Å². The largest absolute Gasteiger partial charge is 0.351 e. The molecule has 0 atom stereocenters. The van der Waals surface area contributed by atoms with Crippen molar-refractivity contribution in [2.45, 2.75) is 10.6 Å². The molecule has 0 aromatic heterocycles. The summed E-state index contributed by atoms with van der Waals surface area (Å²) in [5.41, 5.74) is 1.90. The molecule has 0 saturated carbocycles. The fraction of sp³-hybridized carbons (Fsp3) is 0.200. The molecule has 1 amide bonds. The average Bonchev–Trinajstić information content (AvgIpc) is 2.72. The van der Waals surface area contributed by atoms with Crippen molar-refractivity contribution in [1.82, 2.24) is 10.0 Å². The summed E-state index contributed by atoms with van der Waals surface area (Å²) in [5.74, 6) is 1.02. The minimum absolute atomic E-state index is 0.0319. The van der Waals surface area contributed by atoms with Crippen LogP contribution in [0.1, 0.15) is 21.5 Å². The van der Waals surface area contributed by atoms with Crippen molar-refractivity contribution in [2.24, 2.45) is 0 Å². The van der Waals surface area contributed by atoms with Gasteiger partial charge in [-0.05, 0) is 29.8 Å². The van der Waals surface area contributed by atoms with Crippen molar-refractivity contribution >= 4 is 27.7 Å². The van der Waals surface area contributed by atoms with E-state index in [4.69, 9.17) is 5.26 Å². The van der Waals surface area contributed by atoms with Crippen molar-refractivity contribution in [2.75, 3.05) is 18.8 Å². The van der Waals surface area contributed by atoms with Crippen LogP contribution < -0.4 is 10.0 Å². The number of hydrogen-bond donors (Lipinski definition) is 2. The van der Waals surface area contributed by atoms with Gasteiger partial charge in [0.2, 0.25) is 10.0 Å². The lowest BCUT2D eigenvalue weighted by Crippen LogP contribution is -2.27. The van der Waals surface area contributed by atoms with Gasteiger partial charge in [-0.25, -0.2) is 13.1 Å². The summed E-state index contributed by atoms with van der Waals surface area (Å²) in [6.07, 6.45) is 1.45. The zero-order chi connectivity index (χ0) is 20.4. The summed E-state index contributed by atoms with van der Waals surface area (Å²) >= 11 is 1.61. The summed E-state index contributed by atoms with van der Waals surface area (Å²) < 4.78 is 26.6. The first kappa shape index (κ1) is 21.7. The second kappa shape index (κ2) is 10.7. The van der Waals surface area contributed by atoms with Crippen LogP contribution in [0.2, 0.25) is 0 Å². The molecule has 2 N–H and O–H groups in total. The number of nitriles is 1. The molecule has 146 valence electrons. The molecule has 2 rings (SSSR count). The number of nitrogens with one attached hydrogen (secondary N) is 2. The quantitative estimate of drug-likeness (QED) is 0.459. The van der Waals surface area contributed by atoms with E-state index in [1.54, 1.807) is 23.9 Å². The molecular weight excluding hydrogens is 394 g/mol. The first-order valence-electron chi connectivity index (χ1n) is 8.52. The zero-order valence-electron chi connectivity index (χ0n) is 15.2. The second-order valence-corrected chi connectivity index (χ2v) is 8.62. The number of rotatable bonds is 10. The van der Waals surface area contributed by atoms with Gasteiger partial charge in [0.15, 0.2) is 0 Å². The van der Waals surface area contributed by atoms with E-state index in [0.29, 0.717) is 23.6 Å². The highest BCUT2D eigenvalue weighted by Crippen LogP contribution is 2.16. The number of carbonyl (C=O) groups excluding carboxylic acids is 1. The number of sulfonamides is 1. The zero-order valence-corrected chi connectivity index (χ0v) is 16.9. The molecule has 8 heteroatoms. The van der Waals surface area contributed by atoms with E-state index in [0.717, 1.165) is 5.56 Å². The molecule has 0 unspecified atom stereocenters. The Labute approximate surface area is 169 Å². The van der Waals surface area contributed by atoms with Crippen LogP contribution in [0.3, 0.4) is 0 Å². The number of amides is 1. The van der Waals surface area contributed by atoms with E-state index in [1.807, 2.05) is 18.2 Å². The Morgan fingerprint density at radius 3 is 2.75 bits per heavy atom. The van der Waals surface area contributed by atoms with E-state index >= 15 is 0 Å². The van der Waals surface area contributed by atoms with Gasteiger partial charge in [-0.1, -0.05) is 30.3 Å². The van der Waals surface area contributed by atoms with Gasteiger partial charge in [0.25, 0.3) is 5.91 Å². The van der Waals surface area contributed by atoms with Crippen LogP contribution in [-0.4, -0.2) is 33.2 Å². The molecule has 6 nitrogen and oxygen atoms in total. The lowest BCUT2D eigenvalue weighted by atomic mass is 10.1. The smallest absolute Gasteiger partial charge is 0.251 e. The lowest BCUT2D eigenvalue weighted by molar-refractivity contribution is 0.0956. The molecule has 0 saturated heterocycles. The molecule has 0 radical (unpaired) electrons. The minimum Gasteiger partial charge on any atom is -0.351 e.